The molecule has 1 aliphatic rings. The summed E-state index contributed by atoms with van der Waals surface area (Å²) in [4.78, 5) is 16.7. The van der Waals surface area contributed by atoms with Gasteiger partial charge in [-0.3, -0.25) is 9.88 Å². The molecule has 0 aliphatic carbocycles. The van der Waals surface area contributed by atoms with E-state index < -0.39 is 0 Å². The maximum absolute atomic E-state index is 4.68. The van der Waals surface area contributed by atoms with Crippen molar-refractivity contribution in [3.8, 4) is 0 Å². The zero-order valence-electron chi connectivity index (χ0n) is 19.2. The molecule has 2 aromatic carbocycles. The van der Waals surface area contributed by atoms with Gasteiger partial charge in [0.2, 0.25) is 0 Å². The van der Waals surface area contributed by atoms with Gasteiger partial charge >= 0.3 is 0 Å². The van der Waals surface area contributed by atoms with E-state index in [4.69, 9.17) is 0 Å². The highest BCUT2D eigenvalue weighted by Crippen LogP contribution is 2.34. The van der Waals surface area contributed by atoms with E-state index >= 15 is 0 Å². The van der Waals surface area contributed by atoms with Crippen LogP contribution in [0.4, 0.5) is 0 Å². The van der Waals surface area contributed by atoms with Gasteiger partial charge in [0, 0.05) is 28.6 Å². The van der Waals surface area contributed by atoms with Crippen LogP contribution in [-0.4, -0.2) is 43.7 Å². The maximum atomic E-state index is 4.68. The number of H-pyrrole nitrogens is 1. The molecule has 1 aliphatic heterocycles. The molecule has 3 heterocycles. The Bertz CT molecular complexity index is 1150. The van der Waals surface area contributed by atoms with E-state index in [2.05, 4.69) is 69.2 Å². The molecular formula is C26H31ClN4OS2. The molecule has 0 spiro atoms. The Morgan fingerprint density at radius 3 is 2.50 bits per heavy atom. The van der Waals surface area contributed by atoms with Crippen LogP contribution in [-0.2, 0) is 12.3 Å². The van der Waals surface area contributed by atoms with E-state index in [0.29, 0.717) is 5.25 Å². The van der Waals surface area contributed by atoms with Crippen LogP contribution in [0.3, 0.4) is 0 Å². The Balaban J connectivity index is 0.00000162. The number of para-hydroxylation sites is 2. The summed E-state index contributed by atoms with van der Waals surface area (Å²) in [7, 11) is 0. The van der Waals surface area contributed by atoms with Gasteiger partial charge < -0.3 is 10.5 Å². The van der Waals surface area contributed by atoms with Crippen molar-refractivity contribution in [1.29, 1.82) is 0 Å². The number of aromatic nitrogens is 3. The van der Waals surface area contributed by atoms with Gasteiger partial charge in [0.1, 0.15) is 0 Å². The van der Waals surface area contributed by atoms with Crippen LogP contribution in [0, 0.1) is 6.92 Å². The zero-order chi connectivity index (χ0) is 21.8. The molecular weight excluding hydrogens is 484 g/mol. The summed E-state index contributed by atoms with van der Waals surface area (Å²) in [5.41, 5.74) is 5.98. The van der Waals surface area contributed by atoms with Crippen LogP contribution in [0.25, 0.3) is 11.0 Å². The van der Waals surface area contributed by atoms with Gasteiger partial charge in [0.15, 0.2) is 5.16 Å². The number of imidazole rings is 1. The van der Waals surface area contributed by atoms with Crippen LogP contribution in [0.15, 0.2) is 76.9 Å². The normalized spacial score (nSPS) is 14.5. The molecule has 4 aromatic rings. The first-order valence-corrected chi connectivity index (χ1v) is 13.1. The molecule has 1 saturated heterocycles. The van der Waals surface area contributed by atoms with Crippen molar-refractivity contribution in [2.75, 3.05) is 13.1 Å². The minimum atomic E-state index is 0. The third kappa shape index (κ3) is 6.55. The predicted molar refractivity (Wildman–Crippen MR) is 146 cm³/mol. The zero-order valence-corrected chi connectivity index (χ0v) is 21.7. The van der Waals surface area contributed by atoms with E-state index in [-0.39, 0.29) is 17.9 Å². The number of thioether (sulfide) groups is 2. The summed E-state index contributed by atoms with van der Waals surface area (Å²) in [6.45, 7) is 5.63. The lowest BCUT2D eigenvalue weighted by Gasteiger charge is -2.32. The lowest BCUT2D eigenvalue weighted by Crippen LogP contribution is -2.34. The fourth-order valence-electron chi connectivity index (χ4n) is 4.17. The van der Waals surface area contributed by atoms with Crippen LogP contribution >= 0.6 is 35.9 Å². The van der Waals surface area contributed by atoms with Gasteiger partial charge in [-0.25, -0.2) is 4.98 Å². The average Bonchev–Trinajstić information content (AvgIpc) is 3.25. The Kier molecular flexibility index (Phi) is 9.85. The Morgan fingerprint density at radius 1 is 1.00 bits per heavy atom. The van der Waals surface area contributed by atoms with Crippen molar-refractivity contribution in [1.82, 2.24) is 19.9 Å². The highest BCUT2D eigenvalue weighted by molar-refractivity contribution is 8.00. The highest BCUT2D eigenvalue weighted by Gasteiger charge is 2.21. The summed E-state index contributed by atoms with van der Waals surface area (Å²) >= 11 is 3.76. The van der Waals surface area contributed by atoms with Crippen LogP contribution in [0.5, 0.6) is 0 Å². The Labute approximate surface area is 215 Å². The lowest BCUT2D eigenvalue weighted by molar-refractivity contribution is 0.225. The fourth-order valence-corrected chi connectivity index (χ4v) is 6.32. The van der Waals surface area contributed by atoms with Gasteiger partial charge in [-0.15, -0.1) is 24.2 Å². The molecule has 34 heavy (non-hydrogen) atoms. The summed E-state index contributed by atoms with van der Waals surface area (Å²) in [5, 5.41) is 1.63. The molecule has 0 amide bonds. The molecule has 0 radical (unpaired) electrons. The minimum absolute atomic E-state index is 0. The second-order valence-corrected chi connectivity index (χ2v) is 10.6. The van der Waals surface area contributed by atoms with E-state index in [1.54, 1.807) is 11.8 Å². The Hall–Kier alpha value is -2.03. The third-order valence-corrected chi connectivity index (χ3v) is 8.43. The van der Waals surface area contributed by atoms with Crippen molar-refractivity contribution >= 4 is 47.0 Å². The monoisotopic (exact) mass is 514 g/mol. The summed E-state index contributed by atoms with van der Waals surface area (Å²) in [6.07, 6.45) is 4.44. The number of fused-ring (bicyclic) bond motifs is 1. The fraction of sp³-hybridized carbons (Fsp3) is 0.308. The molecule has 0 unspecified atom stereocenters. The van der Waals surface area contributed by atoms with Crippen LogP contribution < -0.4 is 0 Å². The summed E-state index contributed by atoms with van der Waals surface area (Å²) in [6, 6.07) is 21.2. The first-order chi connectivity index (χ1) is 15.7. The number of rotatable bonds is 7. The molecule has 0 saturated carbocycles. The van der Waals surface area contributed by atoms with Crippen LogP contribution in [0.1, 0.15) is 29.7 Å². The molecule has 0 bridgehead atoms. The molecule has 2 aromatic heterocycles. The summed E-state index contributed by atoms with van der Waals surface area (Å²) < 4.78 is 0. The highest BCUT2D eigenvalue weighted by atomic mass is 35.5. The van der Waals surface area contributed by atoms with E-state index in [1.165, 1.54) is 42.0 Å². The smallest absolute Gasteiger partial charge is 0.166 e. The molecule has 0 atom stereocenters. The van der Waals surface area contributed by atoms with Crippen molar-refractivity contribution in [2.45, 2.75) is 47.4 Å². The largest absolute Gasteiger partial charge is 0.412 e. The number of piperidine rings is 1. The van der Waals surface area contributed by atoms with Gasteiger partial charge in [-0.05, 0) is 62.2 Å². The Morgan fingerprint density at radius 2 is 1.74 bits per heavy atom. The van der Waals surface area contributed by atoms with Gasteiger partial charge in [-0.1, -0.05) is 54.2 Å². The number of hydrogen-bond acceptors (Lipinski definition) is 5. The number of likely N-dealkylation sites (tertiary alicyclic amines) is 1. The van der Waals surface area contributed by atoms with E-state index in [9.17, 15) is 0 Å². The first-order valence-electron chi connectivity index (χ1n) is 11.2. The molecule has 5 rings (SSSR count). The van der Waals surface area contributed by atoms with Crippen molar-refractivity contribution in [3.05, 3.63) is 83.7 Å². The van der Waals surface area contributed by atoms with Crippen LogP contribution in [0.2, 0.25) is 0 Å². The quantitative estimate of drug-likeness (QED) is 0.310. The molecule has 1 fully saturated rings. The summed E-state index contributed by atoms with van der Waals surface area (Å²) in [5.74, 6) is 0.829. The maximum Gasteiger partial charge on any atom is 0.166 e. The third-order valence-electron chi connectivity index (χ3n) is 6.05. The number of nitrogens with zero attached hydrogens (tertiary/aromatic N) is 3. The van der Waals surface area contributed by atoms with Gasteiger partial charge in [0.05, 0.1) is 16.7 Å². The standard InChI is InChI=1S/C26H28N4S2.ClH.H2O/c1-19-24(18-31-26-28-22-9-5-6-10-23(22)29-26)27-14-11-25(19)32-21-12-15-30(16-13-21)17-20-7-3-2-4-8-20;;/h2-11,14,21H,12-13,15-18H2,1H3,(H,28,29);1H;1H2. The molecule has 3 N–H and O–H groups in total. The van der Waals surface area contributed by atoms with E-state index in [1.807, 2.05) is 36.2 Å². The lowest BCUT2D eigenvalue weighted by atomic mass is 10.1. The van der Waals surface area contributed by atoms with Crippen molar-refractivity contribution in [3.63, 3.8) is 0 Å². The second-order valence-electron chi connectivity index (χ2n) is 8.31. The number of halogens is 1. The number of nitrogens with one attached hydrogen (secondary N) is 1. The average molecular weight is 515 g/mol. The molecule has 5 nitrogen and oxygen atoms in total. The molecule has 180 valence electrons. The van der Waals surface area contributed by atoms with Gasteiger partial charge in [-0.2, -0.15) is 0 Å². The predicted octanol–water partition coefficient (Wildman–Crippen LogP) is 5.91. The topological polar surface area (TPSA) is 76.3 Å². The number of hydrogen-bond donors (Lipinski definition) is 1. The molecule has 8 heteroatoms. The number of benzene rings is 2. The van der Waals surface area contributed by atoms with Gasteiger partial charge in [0.25, 0.3) is 0 Å². The van der Waals surface area contributed by atoms with Crippen molar-refractivity contribution < 1.29 is 5.48 Å². The first kappa shape index (κ1) is 26.6. The van der Waals surface area contributed by atoms with Crippen molar-refractivity contribution in [2.24, 2.45) is 0 Å². The minimum Gasteiger partial charge on any atom is -0.412 e. The second kappa shape index (κ2) is 12.6. The van der Waals surface area contributed by atoms with E-state index in [0.717, 1.165) is 34.2 Å². The number of aromatic amines is 1. The SMILES string of the molecule is Cc1c(SC2CCN(Cc3ccccc3)CC2)ccnc1CSc1nc2ccccc2[nH]1.Cl.O. The number of pyridine rings is 1.